The Morgan fingerprint density at radius 2 is 1.89 bits per heavy atom. The van der Waals surface area contributed by atoms with Crippen LogP contribution in [0.4, 0.5) is 14.9 Å². The Morgan fingerprint density at radius 1 is 1.21 bits per heavy atom. The quantitative estimate of drug-likeness (QED) is 0.780. The number of benzene rings is 1. The van der Waals surface area contributed by atoms with Gasteiger partial charge in [-0.15, -0.1) is 0 Å². The minimum Gasteiger partial charge on any atom is -0.335 e. The Morgan fingerprint density at radius 3 is 2.53 bits per heavy atom. The normalized spacial score (nSPS) is 16.7. The lowest BCUT2D eigenvalue weighted by Crippen LogP contribution is -2.37. The van der Waals surface area contributed by atoms with Crippen molar-refractivity contribution < 1.29 is 9.18 Å². The van der Waals surface area contributed by atoms with Crippen LogP contribution in [0.2, 0.25) is 5.02 Å². The standard InChI is InChI=1S/C14H18ClFN2O/c15-12-8-7-11(9-13(12)16)18-14(19)17-10-5-3-1-2-4-6-10/h7-10H,1-6H2,(H2,17,18,19). The first-order valence-electron chi connectivity index (χ1n) is 6.68. The maximum Gasteiger partial charge on any atom is 0.319 e. The fraction of sp³-hybridized carbons (Fsp3) is 0.500. The molecule has 1 aliphatic carbocycles. The summed E-state index contributed by atoms with van der Waals surface area (Å²) in [4.78, 5) is 11.8. The predicted octanol–water partition coefficient (Wildman–Crippen LogP) is 4.32. The van der Waals surface area contributed by atoms with E-state index >= 15 is 0 Å². The molecule has 0 spiro atoms. The Labute approximate surface area is 117 Å². The van der Waals surface area contributed by atoms with Crippen LogP contribution in [-0.2, 0) is 0 Å². The minimum absolute atomic E-state index is 0.0507. The second kappa shape index (κ2) is 6.75. The van der Waals surface area contributed by atoms with Crippen molar-refractivity contribution in [2.45, 2.75) is 44.6 Å². The number of amides is 2. The number of hydrogen-bond donors (Lipinski definition) is 2. The molecule has 3 nitrogen and oxygen atoms in total. The van der Waals surface area contributed by atoms with Gasteiger partial charge in [0.15, 0.2) is 0 Å². The number of hydrogen-bond acceptors (Lipinski definition) is 1. The zero-order valence-corrected chi connectivity index (χ0v) is 11.5. The predicted molar refractivity (Wildman–Crippen MR) is 75.1 cm³/mol. The van der Waals surface area contributed by atoms with Crippen LogP contribution in [-0.4, -0.2) is 12.1 Å². The molecule has 0 saturated heterocycles. The zero-order valence-electron chi connectivity index (χ0n) is 10.7. The molecule has 0 atom stereocenters. The molecule has 19 heavy (non-hydrogen) atoms. The van der Waals surface area contributed by atoms with Gasteiger partial charge in [0.05, 0.1) is 5.02 Å². The molecule has 2 N–H and O–H groups in total. The van der Waals surface area contributed by atoms with Crippen LogP contribution in [0.5, 0.6) is 0 Å². The molecule has 1 fully saturated rings. The monoisotopic (exact) mass is 284 g/mol. The average molecular weight is 285 g/mol. The average Bonchev–Trinajstić information content (AvgIpc) is 2.62. The van der Waals surface area contributed by atoms with Gasteiger partial charge in [-0.05, 0) is 31.0 Å². The van der Waals surface area contributed by atoms with Gasteiger partial charge in [-0.2, -0.15) is 0 Å². The molecule has 0 aliphatic heterocycles. The Balaban J connectivity index is 1.87. The highest BCUT2D eigenvalue weighted by atomic mass is 35.5. The number of carbonyl (C=O) groups is 1. The molecule has 1 aromatic rings. The summed E-state index contributed by atoms with van der Waals surface area (Å²) in [6, 6.07) is 4.17. The second-order valence-electron chi connectivity index (χ2n) is 4.92. The van der Waals surface area contributed by atoms with Gasteiger partial charge in [-0.3, -0.25) is 0 Å². The summed E-state index contributed by atoms with van der Waals surface area (Å²) < 4.78 is 13.2. The van der Waals surface area contributed by atoms with E-state index in [2.05, 4.69) is 10.6 Å². The molecular formula is C14H18ClFN2O. The molecule has 5 heteroatoms. The van der Waals surface area contributed by atoms with Gasteiger partial charge < -0.3 is 10.6 Å². The first kappa shape index (κ1) is 14.1. The van der Waals surface area contributed by atoms with Gasteiger partial charge in [-0.25, -0.2) is 9.18 Å². The highest BCUT2D eigenvalue weighted by Crippen LogP contribution is 2.19. The summed E-state index contributed by atoms with van der Waals surface area (Å²) in [5.74, 6) is -0.533. The van der Waals surface area contributed by atoms with Crippen molar-refractivity contribution in [3.8, 4) is 0 Å². The molecule has 1 saturated carbocycles. The van der Waals surface area contributed by atoms with Crippen LogP contribution in [0, 0.1) is 5.82 Å². The van der Waals surface area contributed by atoms with Crippen molar-refractivity contribution in [3.05, 3.63) is 29.0 Å². The summed E-state index contributed by atoms with van der Waals surface area (Å²) in [5.41, 5.74) is 0.410. The Hall–Kier alpha value is -1.29. The fourth-order valence-electron chi connectivity index (χ4n) is 2.35. The first-order chi connectivity index (χ1) is 9.15. The van der Waals surface area contributed by atoms with E-state index in [1.807, 2.05) is 0 Å². The molecule has 0 bridgehead atoms. The number of halogens is 2. The maximum atomic E-state index is 13.2. The lowest BCUT2D eigenvalue weighted by atomic mass is 10.1. The third-order valence-electron chi connectivity index (χ3n) is 3.37. The van der Waals surface area contributed by atoms with Crippen LogP contribution >= 0.6 is 11.6 Å². The zero-order chi connectivity index (χ0) is 13.7. The third kappa shape index (κ3) is 4.39. The van der Waals surface area contributed by atoms with Crippen LogP contribution < -0.4 is 10.6 Å². The summed E-state index contributed by atoms with van der Waals surface area (Å²) in [7, 11) is 0. The minimum atomic E-state index is -0.533. The number of rotatable bonds is 2. The molecule has 1 aliphatic rings. The van der Waals surface area contributed by atoms with E-state index in [-0.39, 0.29) is 17.1 Å². The van der Waals surface area contributed by atoms with E-state index in [9.17, 15) is 9.18 Å². The van der Waals surface area contributed by atoms with Gasteiger partial charge >= 0.3 is 6.03 Å². The molecular weight excluding hydrogens is 267 g/mol. The van der Waals surface area contributed by atoms with Crippen molar-refractivity contribution in [1.29, 1.82) is 0 Å². The molecule has 2 amide bonds. The van der Waals surface area contributed by atoms with Crippen molar-refractivity contribution in [2.24, 2.45) is 0 Å². The van der Waals surface area contributed by atoms with E-state index in [1.165, 1.54) is 25.0 Å². The number of urea groups is 1. The van der Waals surface area contributed by atoms with E-state index in [4.69, 9.17) is 11.6 Å². The van der Waals surface area contributed by atoms with Gasteiger partial charge in [0.2, 0.25) is 0 Å². The molecule has 104 valence electrons. The maximum absolute atomic E-state index is 13.2. The SMILES string of the molecule is O=C(Nc1ccc(Cl)c(F)c1)NC1CCCCCC1. The summed E-state index contributed by atoms with van der Waals surface area (Å²) in [6.07, 6.45) is 6.82. The van der Waals surface area contributed by atoms with Crippen LogP contribution in [0.1, 0.15) is 38.5 Å². The molecule has 0 radical (unpaired) electrons. The summed E-state index contributed by atoms with van der Waals surface area (Å²) in [5, 5.41) is 5.62. The topological polar surface area (TPSA) is 41.1 Å². The van der Waals surface area contributed by atoms with Gasteiger partial charge in [0, 0.05) is 11.7 Å². The van der Waals surface area contributed by atoms with E-state index in [0.717, 1.165) is 25.7 Å². The third-order valence-corrected chi connectivity index (χ3v) is 3.67. The van der Waals surface area contributed by atoms with Gasteiger partial charge in [0.1, 0.15) is 5.82 Å². The summed E-state index contributed by atoms with van der Waals surface area (Å²) >= 11 is 5.59. The van der Waals surface area contributed by atoms with Crippen molar-refractivity contribution in [2.75, 3.05) is 5.32 Å². The largest absolute Gasteiger partial charge is 0.335 e. The molecule has 2 rings (SSSR count). The fourth-order valence-corrected chi connectivity index (χ4v) is 2.47. The van der Waals surface area contributed by atoms with Crippen LogP contribution in [0.25, 0.3) is 0 Å². The smallest absolute Gasteiger partial charge is 0.319 e. The van der Waals surface area contributed by atoms with Gasteiger partial charge in [0.25, 0.3) is 0 Å². The van der Waals surface area contributed by atoms with Crippen molar-refractivity contribution >= 4 is 23.3 Å². The van der Waals surface area contributed by atoms with Crippen molar-refractivity contribution in [3.63, 3.8) is 0 Å². The van der Waals surface area contributed by atoms with E-state index in [0.29, 0.717) is 5.69 Å². The number of anilines is 1. The molecule has 0 aromatic heterocycles. The number of carbonyl (C=O) groups excluding carboxylic acids is 1. The lowest BCUT2D eigenvalue weighted by molar-refractivity contribution is 0.247. The highest BCUT2D eigenvalue weighted by Gasteiger charge is 2.14. The van der Waals surface area contributed by atoms with E-state index in [1.54, 1.807) is 6.07 Å². The Bertz CT molecular complexity index is 445. The Kier molecular flexibility index (Phi) is 5.02. The molecule has 0 heterocycles. The van der Waals surface area contributed by atoms with Gasteiger partial charge in [-0.1, -0.05) is 37.3 Å². The number of nitrogens with one attached hydrogen (secondary N) is 2. The van der Waals surface area contributed by atoms with Crippen LogP contribution in [0.15, 0.2) is 18.2 Å². The lowest BCUT2D eigenvalue weighted by Gasteiger charge is -2.16. The molecule has 0 unspecified atom stereocenters. The summed E-state index contributed by atoms with van der Waals surface area (Å²) in [6.45, 7) is 0. The van der Waals surface area contributed by atoms with Crippen LogP contribution in [0.3, 0.4) is 0 Å². The first-order valence-corrected chi connectivity index (χ1v) is 7.05. The van der Waals surface area contributed by atoms with E-state index < -0.39 is 5.82 Å². The second-order valence-corrected chi connectivity index (χ2v) is 5.32. The molecule has 1 aromatic carbocycles. The highest BCUT2D eigenvalue weighted by molar-refractivity contribution is 6.30. The van der Waals surface area contributed by atoms with Crippen molar-refractivity contribution in [1.82, 2.24) is 5.32 Å².